The summed E-state index contributed by atoms with van der Waals surface area (Å²) in [5.41, 5.74) is 7.35. The highest BCUT2D eigenvalue weighted by Gasteiger charge is 2.18. The van der Waals surface area contributed by atoms with Crippen LogP contribution in [0.2, 0.25) is 0 Å². The van der Waals surface area contributed by atoms with Crippen molar-refractivity contribution in [2.45, 2.75) is 13.0 Å². The number of nitrogen functional groups attached to an aromatic ring is 1. The molecule has 2 aromatic carbocycles. The Bertz CT molecular complexity index is 1290. The largest absolute Gasteiger partial charge is 0.368 e. The van der Waals surface area contributed by atoms with E-state index in [1.807, 2.05) is 67.6 Å². The first-order chi connectivity index (χ1) is 14.1. The maximum absolute atomic E-state index is 13.3. The molecule has 0 amide bonds. The molecule has 1 atom stereocenters. The summed E-state index contributed by atoms with van der Waals surface area (Å²) in [7, 11) is 0. The topological polar surface area (TPSA) is 110 Å². The van der Waals surface area contributed by atoms with Gasteiger partial charge in [-0.05, 0) is 36.6 Å². The van der Waals surface area contributed by atoms with Gasteiger partial charge in [-0.3, -0.25) is 9.36 Å². The number of nitriles is 1. The van der Waals surface area contributed by atoms with Crippen LogP contribution in [0.4, 0.5) is 11.8 Å². The molecule has 3 N–H and O–H groups in total. The number of nitrogens with zero attached hydrogens (tertiary/aromatic N) is 4. The Morgan fingerprint density at radius 3 is 2.62 bits per heavy atom. The Hall–Kier alpha value is -4.18. The fourth-order valence-corrected chi connectivity index (χ4v) is 3.31. The summed E-state index contributed by atoms with van der Waals surface area (Å²) in [6.45, 7) is 1.91. The van der Waals surface area contributed by atoms with Gasteiger partial charge in [-0.25, -0.2) is 4.98 Å². The molecule has 29 heavy (non-hydrogen) atoms. The molecule has 0 fully saturated rings. The number of pyridine rings is 1. The van der Waals surface area contributed by atoms with Crippen LogP contribution in [-0.4, -0.2) is 14.5 Å². The average molecular weight is 382 g/mol. The SMILES string of the molecule is CC(Nc1nc(N)ncc1C#N)c1cc2ccccc2c(=O)n1-c1ccccc1. The van der Waals surface area contributed by atoms with E-state index in [0.717, 1.165) is 16.8 Å². The lowest BCUT2D eigenvalue weighted by Gasteiger charge is -2.21. The number of aromatic nitrogens is 3. The summed E-state index contributed by atoms with van der Waals surface area (Å²) in [6.07, 6.45) is 1.38. The first-order valence-electron chi connectivity index (χ1n) is 9.08. The van der Waals surface area contributed by atoms with Gasteiger partial charge in [0.05, 0.1) is 12.2 Å². The molecule has 142 valence electrons. The predicted molar refractivity (Wildman–Crippen MR) is 113 cm³/mol. The Balaban J connectivity index is 1.90. The van der Waals surface area contributed by atoms with Crippen molar-refractivity contribution in [2.24, 2.45) is 0 Å². The first kappa shape index (κ1) is 18.2. The fourth-order valence-electron chi connectivity index (χ4n) is 3.31. The van der Waals surface area contributed by atoms with Crippen LogP contribution in [0, 0.1) is 11.3 Å². The lowest BCUT2D eigenvalue weighted by molar-refractivity contribution is 0.772. The average Bonchev–Trinajstić information content (AvgIpc) is 2.74. The van der Waals surface area contributed by atoms with E-state index in [-0.39, 0.29) is 23.1 Å². The minimum Gasteiger partial charge on any atom is -0.368 e. The molecule has 0 aliphatic heterocycles. The number of hydrogen-bond donors (Lipinski definition) is 2. The third-order valence-electron chi connectivity index (χ3n) is 4.69. The Morgan fingerprint density at radius 1 is 1.14 bits per heavy atom. The van der Waals surface area contributed by atoms with Gasteiger partial charge in [-0.15, -0.1) is 0 Å². The number of nitrogens with one attached hydrogen (secondary N) is 1. The molecule has 0 aliphatic rings. The highest BCUT2D eigenvalue weighted by molar-refractivity contribution is 5.82. The zero-order chi connectivity index (χ0) is 20.4. The molecule has 2 heterocycles. The molecule has 7 heteroatoms. The second kappa shape index (κ2) is 7.44. The van der Waals surface area contributed by atoms with Crippen LogP contribution in [-0.2, 0) is 0 Å². The summed E-state index contributed by atoms with van der Waals surface area (Å²) in [5, 5.41) is 14.0. The van der Waals surface area contributed by atoms with E-state index in [1.165, 1.54) is 6.20 Å². The van der Waals surface area contributed by atoms with E-state index in [2.05, 4.69) is 21.4 Å². The van der Waals surface area contributed by atoms with Crippen molar-refractivity contribution >= 4 is 22.5 Å². The van der Waals surface area contributed by atoms with Gasteiger partial charge in [0.15, 0.2) is 0 Å². The quantitative estimate of drug-likeness (QED) is 0.560. The van der Waals surface area contributed by atoms with Crippen molar-refractivity contribution < 1.29 is 0 Å². The number of fused-ring (bicyclic) bond motifs is 1. The lowest BCUT2D eigenvalue weighted by atomic mass is 10.1. The zero-order valence-electron chi connectivity index (χ0n) is 15.7. The van der Waals surface area contributed by atoms with Gasteiger partial charge in [-0.2, -0.15) is 10.2 Å². The van der Waals surface area contributed by atoms with Gasteiger partial charge < -0.3 is 11.1 Å². The number of hydrogen-bond acceptors (Lipinski definition) is 6. The first-order valence-corrected chi connectivity index (χ1v) is 9.08. The van der Waals surface area contributed by atoms with Gasteiger partial charge in [0.1, 0.15) is 17.5 Å². The van der Waals surface area contributed by atoms with Crippen molar-refractivity contribution in [3.8, 4) is 11.8 Å². The Kier molecular flexibility index (Phi) is 4.67. The molecule has 1 unspecified atom stereocenters. The maximum atomic E-state index is 13.3. The maximum Gasteiger partial charge on any atom is 0.263 e. The van der Waals surface area contributed by atoms with Gasteiger partial charge >= 0.3 is 0 Å². The van der Waals surface area contributed by atoms with Crippen molar-refractivity contribution in [3.05, 3.63) is 88.5 Å². The second-order valence-corrected chi connectivity index (χ2v) is 6.60. The van der Waals surface area contributed by atoms with Crippen LogP contribution in [0.3, 0.4) is 0 Å². The molecule has 7 nitrogen and oxygen atoms in total. The smallest absolute Gasteiger partial charge is 0.263 e. The summed E-state index contributed by atoms with van der Waals surface area (Å²) in [4.78, 5) is 21.3. The molecule has 0 spiro atoms. The van der Waals surface area contributed by atoms with Crippen LogP contribution in [0.5, 0.6) is 0 Å². The van der Waals surface area contributed by atoms with E-state index < -0.39 is 0 Å². The molecule has 0 saturated heterocycles. The highest BCUT2D eigenvalue weighted by Crippen LogP contribution is 2.25. The lowest BCUT2D eigenvalue weighted by Crippen LogP contribution is -2.25. The summed E-state index contributed by atoms with van der Waals surface area (Å²) in [5.74, 6) is 0.394. The Morgan fingerprint density at radius 2 is 1.86 bits per heavy atom. The third-order valence-corrected chi connectivity index (χ3v) is 4.69. The monoisotopic (exact) mass is 382 g/mol. The number of nitrogens with two attached hydrogens (primary N) is 1. The highest BCUT2D eigenvalue weighted by atomic mass is 16.1. The number of benzene rings is 2. The van der Waals surface area contributed by atoms with Crippen molar-refractivity contribution in [1.82, 2.24) is 14.5 Å². The molecular formula is C22H18N6O. The van der Waals surface area contributed by atoms with Crippen LogP contribution < -0.4 is 16.6 Å². The number of anilines is 2. The molecule has 0 bridgehead atoms. The van der Waals surface area contributed by atoms with Crippen LogP contribution in [0.15, 0.2) is 71.7 Å². The van der Waals surface area contributed by atoms with E-state index in [0.29, 0.717) is 11.2 Å². The van der Waals surface area contributed by atoms with Crippen LogP contribution in [0.25, 0.3) is 16.5 Å². The number of rotatable bonds is 4. The van der Waals surface area contributed by atoms with Crippen LogP contribution in [0.1, 0.15) is 24.2 Å². The van der Waals surface area contributed by atoms with Gasteiger partial charge in [0.2, 0.25) is 5.95 Å². The molecular weight excluding hydrogens is 364 g/mol. The number of para-hydroxylation sites is 1. The standard InChI is InChI=1S/C22H18N6O/c1-14(26-20-16(12-23)13-25-22(24)27-20)19-11-15-7-5-6-10-18(15)21(29)28(19)17-8-3-2-4-9-17/h2-11,13-14H,1H3,(H3,24,25,26,27). The predicted octanol–water partition coefficient (Wildman–Crippen LogP) is 3.41. The third kappa shape index (κ3) is 3.39. The van der Waals surface area contributed by atoms with Crippen molar-refractivity contribution in [2.75, 3.05) is 11.1 Å². The minimum absolute atomic E-state index is 0.0673. The zero-order valence-corrected chi connectivity index (χ0v) is 15.7. The molecule has 0 radical (unpaired) electrons. The summed E-state index contributed by atoms with van der Waals surface area (Å²) >= 11 is 0. The van der Waals surface area contributed by atoms with Gasteiger partial charge in [0, 0.05) is 16.8 Å². The fraction of sp³-hybridized carbons (Fsp3) is 0.0909. The van der Waals surface area contributed by atoms with E-state index in [4.69, 9.17) is 5.73 Å². The molecule has 4 rings (SSSR count). The normalized spacial score (nSPS) is 11.7. The Labute approximate surface area is 167 Å². The molecule has 0 saturated carbocycles. The van der Waals surface area contributed by atoms with Gasteiger partial charge in [0.25, 0.3) is 5.56 Å². The van der Waals surface area contributed by atoms with Crippen LogP contribution >= 0.6 is 0 Å². The summed E-state index contributed by atoms with van der Waals surface area (Å²) < 4.78 is 1.68. The second-order valence-electron chi connectivity index (χ2n) is 6.60. The molecule has 2 aromatic heterocycles. The van der Waals surface area contributed by atoms with E-state index in [1.54, 1.807) is 4.57 Å². The van der Waals surface area contributed by atoms with E-state index >= 15 is 0 Å². The summed E-state index contributed by atoms with van der Waals surface area (Å²) in [6, 6.07) is 20.6. The molecule has 0 aliphatic carbocycles. The minimum atomic E-state index is -0.339. The van der Waals surface area contributed by atoms with E-state index in [9.17, 15) is 10.1 Å². The van der Waals surface area contributed by atoms with Gasteiger partial charge in [-0.1, -0.05) is 36.4 Å². The molecule has 4 aromatic rings. The van der Waals surface area contributed by atoms with Crippen molar-refractivity contribution in [1.29, 1.82) is 5.26 Å². The van der Waals surface area contributed by atoms with Crippen molar-refractivity contribution in [3.63, 3.8) is 0 Å².